The van der Waals surface area contributed by atoms with E-state index in [0.717, 1.165) is 49.7 Å². The molecule has 2 heterocycles. The number of rotatable bonds is 5. The number of hydrogen-bond acceptors (Lipinski definition) is 5. The van der Waals surface area contributed by atoms with Gasteiger partial charge in [-0.3, -0.25) is 4.90 Å². The van der Waals surface area contributed by atoms with Crippen molar-refractivity contribution in [2.75, 3.05) is 47.1 Å². The molecule has 1 aromatic rings. The van der Waals surface area contributed by atoms with Crippen LogP contribution < -0.4 is 9.47 Å². The predicted octanol–water partition coefficient (Wildman–Crippen LogP) is 1.53. The maximum atomic E-state index is 9.87. The van der Waals surface area contributed by atoms with Crippen molar-refractivity contribution in [3.05, 3.63) is 23.8 Å². The minimum Gasteiger partial charge on any atom is -0.497 e. The molecule has 0 saturated carbocycles. The van der Waals surface area contributed by atoms with Gasteiger partial charge in [0.2, 0.25) is 0 Å². The highest BCUT2D eigenvalue weighted by Crippen LogP contribution is 2.42. The largest absolute Gasteiger partial charge is 0.497 e. The number of benzene rings is 1. The lowest BCUT2D eigenvalue weighted by Gasteiger charge is -2.36. The number of likely N-dealkylation sites (tertiary alicyclic amines) is 1. The summed E-state index contributed by atoms with van der Waals surface area (Å²) in [6.07, 6.45) is 1.03. The second-order valence-electron chi connectivity index (χ2n) is 6.41. The van der Waals surface area contributed by atoms with Gasteiger partial charge in [-0.05, 0) is 30.5 Å². The first kappa shape index (κ1) is 15.6. The summed E-state index contributed by atoms with van der Waals surface area (Å²) >= 11 is 0. The highest BCUT2D eigenvalue weighted by Gasteiger charge is 2.48. The van der Waals surface area contributed by atoms with Crippen molar-refractivity contribution in [3.63, 3.8) is 0 Å². The minimum absolute atomic E-state index is 0.0929. The van der Waals surface area contributed by atoms with Gasteiger partial charge < -0.3 is 19.3 Å². The molecule has 2 saturated heterocycles. The van der Waals surface area contributed by atoms with Crippen molar-refractivity contribution in [1.82, 2.24) is 4.90 Å². The lowest BCUT2D eigenvalue weighted by molar-refractivity contribution is -0.0561. The molecule has 0 aliphatic carbocycles. The molecular weight excluding hydrogens is 282 g/mol. The van der Waals surface area contributed by atoms with Crippen LogP contribution in [0.15, 0.2) is 18.2 Å². The van der Waals surface area contributed by atoms with Crippen LogP contribution in [0.5, 0.6) is 11.5 Å². The molecule has 5 heteroatoms. The second kappa shape index (κ2) is 6.44. The quantitative estimate of drug-likeness (QED) is 0.894. The van der Waals surface area contributed by atoms with Gasteiger partial charge in [-0.25, -0.2) is 0 Å². The molecule has 2 aliphatic rings. The smallest absolute Gasteiger partial charge is 0.123 e. The Kier molecular flexibility index (Phi) is 4.57. The summed E-state index contributed by atoms with van der Waals surface area (Å²) in [7, 11) is 3.37. The van der Waals surface area contributed by atoms with Crippen molar-refractivity contribution >= 4 is 0 Å². The molecule has 2 aliphatic heterocycles. The van der Waals surface area contributed by atoms with Gasteiger partial charge in [0.05, 0.1) is 27.4 Å². The molecule has 5 nitrogen and oxygen atoms in total. The minimum atomic E-state index is -0.0929. The molecule has 0 aromatic heterocycles. The summed E-state index contributed by atoms with van der Waals surface area (Å²) in [6.45, 7) is 4.35. The molecule has 2 atom stereocenters. The van der Waals surface area contributed by atoms with Gasteiger partial charge in [-0.15, -0.1) is 0 Å². The number of aliphatic hydroxyl groups is 1. The van der Waals surface area contributed by atoms with Gasteiger partial charge in [-0.2, -0.15) is 0 Å². The summed E-state index contributed by atoms with van der Waals surface area (Å²) in [4.78, 5) is 2.40. The third kappa shape index (κ3) is 2.81. The van der Waals surface area contributed by atoms with E-state index < -0.39 is 0 Å². The van der Waals surface area contributed by atoms with Gasteiger partial charge in [0, 0.05) is 37.2 Å². The first-order valence-electron chi connectivity index (χ1n) is 7.82. The lowest BCUT2D eigenvalue weighted by Crippen LogP contribution is -2.42. The third-order valence-electron chi connectivity index (χ3n) is 5.08. The molecule has 3 rings (SSSR count). The summed E-state index contributed by atoms with van der Waals surface area (Å²) in [5.41, 5.74) is 1.03. The molecule has 1 aromatic carbocycles. The molecule has 0 amide bonds. The van der Waals surface area contributed by atoms with Gasteiger partial charge >= 0.3 is 0 Å². The monoisotopic (exact) mass is 307 g/mol. The molecule has 0 spiro atoms. The van der Waals surface area contributed by atoms with Crippen LogP contribution in [0.25, 0.3) is 0 Å². The van der Waals surface area contributed by atoms with Crippen LogP contribution in [0.3, 0.4) is 0 Å². The van der Waals surface area contributed by atoms with Gasteiger partial charge in [0.15, 0.2) is 0 Å². The average Bonchev–Trinajstić information content (AvgIpc) is 2.93. The highest BCUT2D eigenvalue weighted by molar-refractivity contribution is 5.40. The topological polar surface area (TPSA) is 51.2 Å². The van der Waals surface area contributed by atoms with Gasteiger partial charge in [0.25, 0.3) is 0 Å². The molecule has 0 radical (unpaired) electrons. The predicted molar refractivity (Wildman–Crippen MR) is 83.3 cm³/mol. The average molecular weight is 307 g/mol. The number of fused-ring (bicyclic) bond motifs is 1. The summed E-state index contributed by atoms with van der Waals surface area (Å²) in [5, 5.41) is 9.87. The number of methoxy groups -OCH3 is 2. The zero-order valence-corrected chi connectivity index (χ0v) is 13.4. The zero-order chi connectivity index (χ0) is 15.6. The number of nitrogens with zero attached hydrogens (tertiary/aromatic N) is 1. The Morgan fingerprint density at radius 1 is 1.36 bits per heavy atom. The molecule has 0 bridgehead atoms. The Balaban J connectivity index is 1.77. The molecule has 22 heavy (non-hydrogen) atoms. The summed E-state index contributed by atoms with van der Waals surface area (Å²) < 4.78 is 16.4. The van der Waals surface area contributed by atoms with Crippen LogP contribution in [0.1, 0.15) is 12.0 Å². The summed E-state index contributed by atoms with van der Waals surface area (Å²) in [5.74, 6) is 2.24. The van der Waals surface area contributed by atoms with E-state index >= 15 is 0 Å². The standard InChI is InChI=1S/C17H25NO4/c1-20-15-3-4-16(21-2)13(7-15)8-18-9-14-5-6-22-12-17(14,10-18)11-19/h3-4,7,14,19H,5-6,8-12H2,1-2H3/t14-,17+/m0/s1. The van der Waals surface area contributed by atoms with E-state index in [9.17, 15) is 5.11 Å². The van der Waals surface area contributed by atoms with E-state index in [1.54, 1.807) is 14.2 Å². The molecule has 2 fully saturated rings. The van der Waals surface area contributed by atoms with E-state index in [1.165, 1.54) is 0 Å². The van der Waals surface area contributed by atoms with E-state index in [2.05, 4.69) is 4.90 Å². The number of hydrogen-bond donors (Lipinski definition) is 1. The molecule has 122 valence electrons. The zero-order valence-electron chi connectivity index (χ0n) is 13.4. The Morgan fingerprint density at radius 3 is 2.91 bits per heavy atom. The van der Waals surface area contributed by atoms with E-state index in [0.29, 0.717) is 12.5 Å². The summed E-state index contributed by atoms with van der Waals surface area (Å²) in [6, 6.07) is 5.89. The van der Waals surface area contributed by atoms with E-state index in [-0.39, 0.29) is 12.0 Å². The maximum Gasteiger partial charge on any atom is 0.123 e. The fourth-order valence-electron chi connectivity index (χ4n) is 3.80. The van der Waals surface area contributed by atoms with Crippen LogP contribution >= 0.6 is 0 Å². The van der Waals surface area contributed by atoms with Crippen LogP contribution in [-0.2, 0) is 11.3 Å². The van der Waals surface area contributed by atoms with Crippen molar-refractivity contribution in [3.8, 4) is 11.5 Å². The fraction of sp³-hybridized carbons (Fsp3) is 0.647. The van der Waals surface area contributed by atoms with Crippen molar-refractivity contribution < 1.29 is 19.3 Å². The fourth-order valence-corrected chi connectivity index (χ4v) is 3.80. The maximum absolute atomic E-state index is 9.87. The highest BCUT2D eigenvalue weighted by atomic mass is 16.5. The molecule has 1 N–H and O–H groups in total. The number of aliphatic hydroxyl groups excluding tert-OH is 1. The Morgan fingerprint density at radius 2 is 2.23 bits per heavy atom. The Labute approximate surface area is 131 Å². The SMILES string of the molecule is COc1ccc(OC)c(CN2C[C@@H]3CCOC[C@]3(CO)C2)c1. The lowest BCUT2D eigenvalue weighted by atomic mass is 9.76. The second-order valence-corrected chi connectivity index (χ2v) is 6.41. The van der Waals surface area contributed by atoms with Crippen LogP contribution in [0.4, 0.5) is 0 Å². The first-order valence-corrected chi connectivity index (χ1v) is 7.82. The van der Waals surface area contributed by atoms with Gasteiger partial charge in [-0.1, -0.05) is 0 Å². The van der Waals surface area contributed by atoms with Gasteiger partial charge in [0.1, 0.15) is 11.5 Å². The normalized spacial score (nSPS) is 28.4. The van der Waals surface area contributed by atoms with Crippen molar-refractivity contribution in [2.24, 2.45) is 11.3 Å². The molecular formula is C17H25NO4. The Hall–Kier alpha value is -1.30. The van der Waals surface area contributed by atoms with E-state index in [1.807, 2.05) is 18.2 Å². The van der Waals surface area contributed by atoms with Crippen molar-refractivity contribution in [2.45, 2.75) is 13.0 Å². The van der Waals surface area contributed by atoms with Crippen molar-refractivity contribution in [1.29, 1.82) is 0 Å². The number of ether oxygens (including phenoxy) is 3. The third-order valence-corrected chi connectivity index (χ3v) is 5.08. The van der Waals surface area contributed by atoms with Crippen LogP contribution in [-0.4, -0.2) is 57.1 Å². The Bertz CT molecular complexity index is 521. The van der Waals surface area contributed by atoms with E-state index in [4.69, 9.17) is 14.2 Å². The first-order chi connectivity index (χ1) is 10.7. The van der Waals surface area contributed by atoms with Crippen LogP contribution in [0, 0.1) is 11.3 Å². The molecule has 0 unspecified atom stereocenters. The van der Waals surface area contributed by atoms with Crippen LogP contribution in [0.2, 0.25) is 0 Å².